The molecular formula is C27H34O12. The number of carbonyl (C=O) groups excluding carboxylic acids is 5. The zero-order chi connectivity index (χ0) is 29.2. The van der Waals surface area contributed by atoms with Crippen LogP contribution in [0.1, 0.15) is 58.9 Å². The standard InChI is InChI=1S/C27H34O12/c1-6-7-12-35-26(32)27(33)14-22(37-17(3)29)25(38-18(4)30)23(15-27)39-24(31)11-9-19-8-10-20(36-16(2)28)21(13-19)34-5/h8-11,13,22-23,25,33H,6-7,12,14-15H2,1-5H3/b11-9+/t22?,23?,25-,27+/m1/s1. The van der Waals surface area contributed by atoms with Crippen molar-refractivity contribution < 1.29 is 57.5 Å². The fourth-order valence-electron chi connectivity index (χ4n) is 3.98. The van der Waals surface area contributed by atoms with Gasteiger partial charge in [-0.15, -0.1) is 0 Å². The minimum absolute atomic E-state index is 0.0656. The Kier molecular flexibility index (Phi) is 11.5. The van der Waals surface area contributed by atoms with Crippen LogP contribution in [0.15, 0.2) is 24.3 Å². The monoisotopic (exact) mass is 550 g/mol. The fraction of sp³-hybridized carbons (Fsp3) is 0.519. The van der Waals surface area contributed by atoms with E-state index in [1.807, 2.05) is 6.92 Å². The smallest absolute Gasteiger partial charge is 0.338 e. The van der Waals surface area contributed by atoms with E-state index in [9.17, 15) is 29.1 Å². The van der Waals surface area contributed by atoms with E-state index < -0.39 is 66.6 Å². The van der Waals surface area contributed by atoms with Crippen molar-refractivity contribution in [2.45, 2.75) is 77.3 Å². The van der Waals surface area contributed by atoms with E-state index >= 15 is 0 Å². The lowest BCUT2D eigenvalue weighted by Gasteiger charge is -2.42. The molecule has 0 spiro atoms. The maximum atomic E-state index is 12.7. The lowest BCUT2D eigenvalue weighted by molar-refractivity contribution is -0.214. The van der Waals surface area contributed by atoms with E-state index in [4.69, 9.17) is 28.4 Å². The van der Waals surface area contributed by atoms with Crippen LogP contribution in [-0.4, -0.2) is 72.6 Å². The Balaban J connectivity index is 2.29. The number of hydrogen-bond donors (Lipinski definition) is 1. The van der Waals surface area contributed by atoms with E-state index in [-0.39, 0.29) is 18.1 Å². The number of ether oxygens (including phenoxy) is 6. The lowest BCUT2D eigenvalue weighted by Crippen LogP contribution is -2.59. The third kappa shape index (κ3) is 9.40. The van der Waals surface area contributed by atoms with Crippen LogP contribution >= 0.6 is 0 Å². The molecule has 0 heterocycles. The van der Waals surface area contributed by atoms with Crippen molar-refractivity contribution in [1.82, 2.24) is 0 Å². The average molecular weight is 551 g/mol. The molecule has 12 heteroatoms. The number of methoxy groups -OCH3 is 1. The average Bonchev–Trinajstić information content (AvgIpc) is 2.84. The molecule has 0 radical (unpaired) electrons. The van der Waals surface area contributed by atoms with Crippen LogP contribution in [0.25, 0.3) is 6.08 Å². The number of carbonyl (C=O) groups is 5. The minimum Gasteiger partial charge on any atom is -0.493 e. The predicted octanol–water partition coefficient (Wildman–Crippen LogP) is 2.28. The predicted molar refractivity (Wildman–Crippen MR) is 134 cm³/mol. The molecule has 1 fully saturated rings. The van der Waals surface area contributed by atoms with Crippen molar-refractivity contribution in [3.63, 3.8) is 0 Å². The molecule has 4 atom stereocenters. The molecule has 39 heavy (non-hydrogen) atoms. The van der Waals surface area contributed by atoms with Crippen LogP contribution in [-0.2, 0) is 42.9 Å². The SMILES string of the molecule is CCCCOC(=O)[C@]1(O)CC(OC(C)=O)[C@@H](OC(C)=O)C(OC(=O)/C=C/c2ccc(OC(C)=O)c(OC)c2)C1. The molecular weight excluding hydrogens is 516 g/mol. The van der Waals surface area contributed by atoms with Crippen LogP contribution in [0, 0.1) is 0 Å². The van der Waals surface area contributed by atoms with Crippen molar-refractivity contribution in [1.29, 1.82) is 0 Å². The first kappa shape index (κ1) is 31.3. The Bertz CT molecular complexity index is 1090. The number of benzene rings is 1. The highest BCUT2D eigenvalue weighted by Crippen LogP contribution is 2.36. The van der Waals surface area contributed by atoms with Crippen LogP contribution in [0.3, 0.4) is 0 Å². The second-order valence-electron chi connectivity index (χ2n) is 8.96. The van der Waals surface area contributed by atoms with Crippen LogP contribution in [0.5, 0.6) is 11.5 Å². The zero-order valence-corrected chi connectivity index (χ0v) is 22.6. The Morgan fingerprint density at radius 2 is 1.59 bits per heavy atom. The molecule has 1 N–H and O–H groups in total. The Morgan fingerprint density at radius 1 is 0.949 bits per heavy atom. The highest BCUT2D eigenvalue weighted by Gasteiger charge is 2.54. The van der Waals surface area contributed by atoms with Crippen molar-refractivity contribution in [3.8, 4) is 11.5 Å². The van der Waals surface area contributed by atoms with Gasteiger partial charge in [-0.3, -0.25) is 14.4 Å². The summed E-state index contributed by atoms with van der Waals surface area (Å²) in [7, 11) is 1.39. The number of hydrogen-bond acceptors (Lipinski definition) is 12. The van der Waals surface area contributed by atoms with Crippen LogP contribution in [0.2, 0.25) is 0 Å². The fourth-order valence-corrected chi connectivity index (χ4v) is 3.98. The molecule has 1 aromatic carbocycles. The largest absolute Gasteiger partial charge is 0.493 e. The van der Waals surface area contributed by atoms with Gasteiger partial charge in [-0.05, 0) is 30.2 Å². The number of esters is 5. The second kappa shape index (κ2) is 14.3. The molecule has 214 valence electrons. The quantitative estimate of drug-likeness (QED) is 0.141. The summed E-state index contributed by atoms with van der Waals surface area (Å²) < 4.78 is 31.4. The van der Waals surface area contributed by atoms with Crippen LogP contribution < -0.4 is 9.47 Å². The molecule has 0 aliphatic heterocycles. The zero-order valence-electron chi connectivity index (χ0n) is 22.6. The second-order valence-corrected chi connectivity index (χ2v) is 8.96. The lowest BCUT2D eigenvalue weighted by atomic mass is 9.79. The first-order valence-corrected chi connectivity index (χ1v) is 12.4. The van der Waals surface area contributed by atoms with Crippen molar-refractivity contribution in [3.05, 3.63) is 29.8 Å². The van der Waals surface area contributed by atoms with Gasteiger partial charge in [-0.1, -0.05) is 19.4 Å². The normalized spacial score (nSPS) is 22.5. The van der Waals surface area contributed by atoms with Crippen molar-refractivity contribution in [2.24, 2.45) is 0 Å². The topological polar surface area (TPSA) is 161 Å². The highest BCUT2D eigenvalue weighted by atomic mass is 16.6. The molecule has 12 nitrogen and oxygen atoms in total. The molecule has 1 aliphatic rings. The first-order chi connectivity index (χ1) is 18.4. The summed E-state index contributed by atoms with van der Waals surface area (Å²) in [5, 5.41) is 11.1. The van der Waals surface area contributed by atoms with Gasteiger partial charge in [0.15, 0.2) is 23.2 Å². The van der Waals surface area contributed by atoms with Gasteiger partial charge >= 0.3 is 29.8 Å². The van der Waals surface area contributed by atoms with Gasteiger partial charge in [-0.25, -0.2) is 9.59 Å². The third-order valence-electron chi connectivity index (χ3n) is 5.66. The van der Waals surface area contributed by atoms with Crippen molar-refractivity contribution >= 4 is 35.9 Å². The van der Waals surface area contributed by atoms with Gasteiger partial charge in [0.25, 0.3) is 0 Å². The molecule has 2 rings (SSSR count). The summed E-state index contributed by atoms with van der Waals surface area (Å²) >= 11 is 0. The highest BCUT2D eigenvalue weighted by molar-refractivity contribution is 5.87. The summed E-state index contributed by atoms with van der Waals surface area (Å²) in [6.45, 7) is 5.45. The summed E-state index contributed by atoms with van der Waals surface area (Å²) in [6.07, 6.45) is -1.03. The molecule has 2 unspecified atom stereocenters. The van der Waals surface area contributed by atoms with Gasteiger partial charge in [0, 0.05) is 39.7 Å². The van der Waals surface area contributed by atoms with Gasteiger partial charge in [0.1, 0.15) is 12.2 Å². The van der Waals surface area contributed by atoms with Crippen molar-refractivity contribution in [2.75, 3.05) is 13.7 Å². The van der Waals surface area contributed by atoms with Gasteiger partial charge < -0.3 is 33.5 Å². The summed E-state index contributed by atoms with van der Waals surface area (Å²) in [5.74, 6) is -3.45. The number of aliphatic hydroxyl groups is 1. The summed E-state index contributed by atoms with van der Waals surface area (Å²) in [5.41, 5.74) is -1.67. The van der Waals surface area contributed by atoms with E-state index in [0.717, 1.165) is 26.3 Å². The van der Waals surface area contributed by atoms with Gasteiger partial charge in [0.05, 0.1) is 13.7 Å². The molecule has 0 bridgehead atoms. The van der Waals surface area contributed by atoms with E-state index in [1.54, 1.807) is 6.07 Å². The molecule has 1 aromatic rings. The third-order valence-corrected chi connectivity index (χ3v) is 5.66. The van der Waals surface area contributed by atoms with Crippen LogP contribution in [0.4, 0.5) is 0 Å². The Labute approximate surface area is 226 Å². The Hall–Kier alpha value is -3.93. The first-order valence-electron chi connectivity index (χ1n) is 12.4. The van der Waals surface area contributed by atoms with Gasteiger partial charge in [-0.2, -0.15) is 0 Å². The van der Waals surface area contributed by atoms with Gasteiger partial charge in [0.2, 0.25) is 0 Å². The number of rotatable bonds is 11. The minimum atomic E-state index is -2.17. The number of unbranched alkanes of at least 4 members (excludes halogenated alkanes) is 1. The molecule has 0 aromatic heterocycles. The molecule has 0 amide bonds. The maximum absolute atomic E-state index is 12.7. The van der Waals surface area contributed by atoms with E-state index in [0.29, 0.717) is 12.0 Å². The summed E-state index contributed by atoms with van der Waals surface area (Å²) in [6, 6.07) is 4.57. The molecule has 1 aliphatic carbocycles. The molecule has 0 saturated heterocycles. The maximum Gasteiger partial charge on any atom is 0.338 e. The molecule has 1 saturated carbocycles. The summed E-state index contributed by atoms with van der Waals surface area (Å²) in [4.78, 5) is 60.3. The van der Waals surface area contributed by atoms with E-state index in [2.05, 4.69) is 0 Å². The Morgan fingerprint density at radius 3 is 2.15 bits per heavy atom. The van der Waals surface area contributed by atoms with E-state index in [1.165, 1.54) is 32.2 Å².